The van der Waals surface area contributed by atoms with E-state index in [0.29, 0.717) is 0 Å². The minimum absolute atomic E-state index is 0.116. The molecule has 3 N–H and O–H groups in total. The smallest absolute Gasteiger partial charge is 0.260 e. The second-order valence-corrected chi connectivity index (χ2v) is 5.26. The average Bonchev–Trinajstić information content (AvgIpc) is 3.27. The van der Waals surface area contributed by atoms with Crippen LogP contribution < -0.4 is 11.1 Å². The lowest BCUT2D eigenvalue weighted by Crippen LogP contribution is -2.14. The summed E-state index contributed by atoms with van der Waals surface area (Å²) in [6, 6.07) is 15.5. The van der Waals surface area contributed by atoms with Gasteiger partial charge in [-0.2, -0.15) is 4.99 Å². The molecule has 1 aromatic carbocycles. The molecule has 0 spiro atoms. The van der Waals surface area contributed by atoms with E-state index in [4.69, 9.17) is 5.73 Å². The predicted octanol–water partition coefficient (Wildman–Crippen LogP) is 3.23. The Labute approximate surface area is 144 Å². The van der Waals surface area contributed by atoms with Crippen LogP contribution in [0.4, 0.5) is 14.5 Å². The van der Waals surface area contributed by atoms with Crippen molar-refractivity contribution in [3.63, 3.8) is 0 Å². The zero-order chi connectivity index (χ0) is 18.1. The van der Waals surface area contributed by atoms with Crippen molar-refractivity contribution in [2.24, 2.45) is 16.6 Å². The fourth-order valence-corrected chi connectivity index (χ4v) is 1.78. The summed E-state index contributed by atoms with van der Waals surface area (Å²) >= 11 is 0. The number of carbonyl (C=O) groups is 1. The Morgan fingerprint density at radius 3 is 2.20 bits per heavy atom. The molecule has 1 aliphatic rings. The fourth-order valence-electron chi connectivity index (χ4n) is 1.78. The average molecular weight is 344 g/mol. The van der Waals surface area contributed by atoms with Crippen LogP contribution in [0.5, 0.6) is 0 Å². The third-order valence-electron chi connectivity index (χ3n) is 3.21. The molecule has 0 bridgehead atoms. The third-order valence-corrected chi connectivity index (χ3v) is 3.21. The number of amides is 1. The molecule has 1 unspecified atom stereocenters. The third kappa shape index (κ3) is 6.50. The van der Waals surface area contributed by atoms with Gasteiger partial charge >= 0.3 is 0 Å². The molecule has 1 aromatic heterocycles. The molecule has 5 nitrogen and oxygen atoms in total. The normalized spacial score (nSPS) is 18.2. The Morgan fingerprint density at radius 2 is 1.72 bits per heavy atom. The molecule has 1 saturated carbocycles. The number of alkyl halides is 2. The minimum Gasteiger partial charge on any atom is -0.384 e. The monoisotopic (exact) mass is 344 g/mol. The molecule has 1 atom stereocenters. The highest BCUT2D eigenvalue weighted by atomic mass is 19.3. The summed E-state index contributed by atoms with van der Waals surface area (Å²) in [6.45, 7) is 0. The number of anilines is 1. The molecule has 1 amide bonds. The van der Waals surface area contributed by atoms with Crippen molar-refractivity contribution in [2.45, 2.75) is 12.3 Å². The zero-order valence-corrected chi connectivity index (χ0v) is 13.3. The Hall–Kier alpha value is -3.09. The minimum atomic E-state index is -2.92. The Balaban J connectivity index is 0.000000316. The van der Waals surface area contributed by atoms with E-state index < -0.39 is 24.2 Å². The molecule has 7 heteroatoms. The molecule has 25 heavy (non-hydrogen) atoms. The highest BCUT2D eigenvalue weighted by molar-refractivity contribution is 6.01. The summed E-state index contributed by atoms with van der Waals surface area (Å²) in [6.07, 6.45) is 5.56. The van der Waals surface area contributed by atoms with Crippen molar-refractivity contribution in [3.8, 4) is 0 Å². The van der Waals surface area contributed by atoms with Gasteiger partial charge in [0.1, 0.15) is 11.8 Å². The standard InChI is InChI=1S/C12H12F2N4O.C6H6/c13-12(14)7-9(12)11(19)18-10(15)3-6-17-8-1-4-16-5-2-8;1-2-4-6-5-3-1/h1-6,9H,7H2,(H,16,17)(H2,15,18,19);1-6H/b6-3-;. The van der Waals surface area contributed by atoms with Crippen LogP contribution in [0.1, 0.15) is 6.42 Å². The number of aliphatic imine (C=N–C) groups is 1. The number of rotatable bonds is 4. The largest absolute Gasteiger partial charge is 0.384 e. The highest BCUT2D eigenvalue weighted by Crippen LogP contribution is 2.49. The Kier molecular flexibility index (Phi) is 6.33. The first-order valence-corrected chi connectivity index (χ1v) is 7.58. The van der Waals surface area contributed by atoms with E-state index >= 15 is 0 Å². The number of amidine groups is 1. The van der Waals surface area contributed by atoms with E-state index in [1.807, 2.05) is 36.4 Å². The molecular formula is C18H18F2N4O. The number of carbonyl (C=O) groups excluding carboxylic acids is 1. The van der Waals surface area contributed by atoms with Gasteiger partial charge in [-0.05, 0) is 18.2 Å². The lowest BCUT2D eigenvalue weighted by Gasteiger charge is -1.98. The highest BCUT2D eigenvalue weighted by Gasteiger charge is 2.61. The SMILES string of the molecule is NC(/C=C\Nc1ccncc1)=NC(=O)C1CC1(F)F.c1ccccc1. The van der Waals surface area contributed by atoms with Crippen LogP contribution in [0.15, 0.2) is 78.2 Å². The van der Waals surface area contributed by atoms with E-state index in [9.17, 15) is 13.6 Å². The van der Waals surface area contributed by atoms with Gasteiger partial charge in [0.25, 0.3) is 11.8 Å². The first-order valence-electron chi connectivity index (χ1n) is 7.58. The first-order chi connectivity index (χ1) is 12.0. The molecule has 0 radical (unpaired) electrons. The number of nitrogens with two attached hydrogens (primary N) is 1. The molecule has 130 valence electrons. The van der Waals surface area contributed by atoms with Crippen LogP contribution in [-0.4, -0.2) is 22.6 Å². The van der Waals surface area contributed by atoms with Crippen molar-refractivity contribution < 1.29 is 13.6 Å². The van der Waals surface area contributed by atoms with Crippen LogP contribution in [-0.2, 0) is 4.79 Å². The lowest BCUT2D eigenvalue weighted by molar-refractivity contribution is -0.120. The second-order valence-electron chi connectivity index (χ2n) is 5.26. The van der Waals surface area contributed by atoms with Crippen LogP contribution >= 0.6 is 0 Å². The number of aromatic nitrogens is 1. The lowest BCUT2D eigenvalue weighted by atomic mass is 10.4. The van der Waals surface area contributed by atoms with E-state index in [1.165, 1.54) is 12.3 Å². The van der Waals surface area contributed by atoms with Gasteiger partial charge in [-0.15, -0.1) is 0 Å². The molecular weight excluding hydrogens is 326 g/mol. The number of pyridine rings is 1. The van der Waals surface area contributed by atoms with Gasteiger partial charge in [0.2, 0.25) is 0 Å². The molecule has 3 rings (SSSR count). The molecule has 1 heterocycles. The van der Waals surface area contributed by atoms with Crippen molar-refractivity contribution in [1.82, 2.24) is 4.98 Å². The predicted molar refractivity (Wildman–Crippen MR) is 93.1 cm³/mol. The summed E-state index contributed by atoms with van der Waals surface area (Å²) in [4.78, 5) is 18.5. The van der Waals surface area contributed by atoms with E-state index in [0.717, 1.165) is 5.69 Å². The molecule has 0 aliphatic heterocycles. The number of nitrogens with zero attached hydrogens (tertiary/aromatic N) is 2. The topological polar surface area (TPSA) is 80.4 Å². The number of nitrogens with one attached hydrogen (secondary N) is 1. The van der Waals surface area contributed by atoms with Gasteiger partial charge < -0.3 is 11.1 Å². The molecule has 1 aliphatic carbocycles. The van der Waals surface area contributed by atoms with Gasteiger partial charge in [-0.25, -0.2) is 8.78 Å². The van der Waals surface area contributed by atoms with Gasteiger partial charge in [-0.1, -0.05) is 36.4 Å². The van der Waals surface area contributed by atoms with Gasteiger partial charge in [-0.3, -0.25) is 9.78 Å². The number of halogens is 2. The number of benzene rings is 1. The van der Waals surface area contributed by atoms with Crippen molar-refractivity contribution in [2.75, 3.05) is 5.32 Å². The van der Waals surface area contributed by atoms with Gasteiger partial charge in [0.05, 0.1) is 0 Å². The quantitative estimate of drug-likeness (QED) is 0.659. The van der Waals surface area contributed by atoms with Gasteiger partial charge in [0, 0.05) is 30.7 Å². The van der Waals surface area contributed by atoms with Crippen LogP contribution in [0, 0.1) is 5.92 Å². The fraction of sp³-hybridized carbons (Fsp3) is 0.167. The molecule has 1 fully saturated rings. The van der Waals surface area contributed by atoms with Crippen molar-refractivity contribution >= 4 is 17.4 Å². The van der Waals surface area contributed by atoms with E-state index in [-0.39, 0.29) is 5.84 Å². The first kappa shape index (κ1) is 18.3. The second kappa shape index (κ2) is 8.68. The molecule has 2 aromatic rings. The number of hydrogen-bond acceptors (Lipinski definition) is 3. The van der Waals surface area contributed by atoms with E-state index in [2.05, 4.69) is 15.3 Å². The summed E-state index contributed by atoms with van der Waals surface area (Å²) < 4.78 is 25.2. The maximum absolute atomic E-state index is 12.6. The zero-order valence-electron chi connectivity index (χ0n) is 13.3. The summed E-state index contributed by atoms with van der Waals surface area (Å²) in [7, 11) is 0. The van der Waals surface area contributed by atoms with Crippen molar-refractivity contribution in [1.29, 1.82) is 0 Å². The molecule has 0 saturated heterocycles. The van der Waals surface area contributed by atoms with E-state index in [1.54, 1.807) is 24.5 Å². The van der Waals surface area contributed by atoms with Gasteiger partial charge in [0.15, 0.2) is 0 Å². The van der Waals surface area contributed by atoms with Crippen molar-refractivity contribution in [3.05, 3.63) is 73.2 Å². The summed E-state index contributed by atoms with van der Waals surface area (Å²) in [5, 5.41) is 2.87. The van der Waals surface area contributed by atoms with Crippen LogP contribution in [0.25, 0.3) is 0 Å². The maximum Gasteiger partial charge on any atom is 0.260 e. The van der Waals surface area contributed by atoms with Crippen LogP contribution in [0.2, 0.25) is 0 Å². The summed E-state index contributed by atoms with van der Waals surface area (Å²) in [5.74, 6) is -5.22. The Morgan fingerprint density at radius 1 is 1.20 bits per heavy atom. The number of hydrogen-bond donors (Lipinski definition) is 2. The maximum atomic E-state index is 12.6. The summed E-state index contributed by atoms with van der Waals surface area (Å²) in [5.41, 5.74) is 6.21. The van der Waals surface area contributed by atoms with Crippen LogP contribution in [0.3, 0.4) is 0 Å². The Bertz CT molecular complexity index is 707.